The number of nitriles is 1. The summed E-state index contributed by atoms with van der Waals surface area (Å²) in [6.45, 7) is 0. The van der Waals surface area contributed by atoms with Crippen LogP contribution in [-0.4, -0.2) is 32.1 Å². The highest BCUT2D eigenvalue weighted by Gasteiger charge is 2.35. The molecule has 1 aromatic rings. The van der Waals surface area contributed by atoms with Gasteiger partial charge in [0.05, 0.1) is 20.3 Å². The molecule has 0 spiro atoms. The molecule has 0 aromatic heterocycles. The zero-order chi connectivity index (χ0) is 14.7. The zero-order valence-corrected chi connectivity index (χ0v) is 11.9. The Kier molecular flexibility index (Phi) is 4.14. The molecule has 0 heterocycles. The van der Waals surface area contributed by atoms with E-state index in [2.05, 4.69) is 6.07 Å². The number of rotatable bonds is 5. The molecule has 1 atom stereocenters. The molecule has 0 radical (unpaired) electrons. The van der Waals surface area contributed by atoms with Crippen LogP contribution in [0.15, 0.2) is 18.2 Å². The molecule has 1 saturated carbocycles. The lowest BCUT2D eigenvalue weighted by molar-refractivity contribution is -0.132. The van der Waals surface area contributed by atoms with Crippen LogP contribution in [0.1, 0.15) is 24.4 Å². The predicted octanol–water partition coefficient (Wildman–Crippen LogP) is 2.14. The third-order valence-electron chi connectivity index (χ3n) is 3.51. The van der Waals surface area contributed by atoms with E-state index in [1.165, 1.54) is 4.90 Å². The Hall–Kier alpha value is -2.22. The smallest absolute Gasteiger partial charge is 0.226 e. The number of methoxy groups -OCH3 is 2. The molecular weight excluding hydrogens is 256 g/mol. The van der Waals surface area contributed by atoms with Crippen molar-refractivity contribution in [2.75, 3.05) is 21.3 Å². The Morgan fingerprint density at radius 3 is 2.50 bits per heavy atom. The number of amides is 1. The molecule has 0 N–H and O–H groups in total. The minimum absolute atomic E-state index is 0.0336. The number of hydrogen-bond acceptors (Lipinski definition) is 4. The highest BCUT2D eigenvalue weighted by Crippen LogP contribution is 2.35. The third kappa shape index (κ3) is 2.69. The molecule has 0 aliphatic heterocycles. The van der Waals surface area contributed by atoms with Crippen LogP contribution in [0.25, 0.3) is 0 Å². The zero-order valence-electron chi connectivity index (χ0n) is 11.9. The van der Waals surface area contributed by atoms with Crippen LogP contribution >= 0.6 is 0 Å². The Balaban J connectivity index is 2.27. The first-order valence-electron chi connectivity index (χ1n) is 6.50. The topological polar surface area (TPSA) is 62.6 Å². The number of carbonyl (C=O) groups excluding carboxylic acids is 1. The summed E-state index contributed by atoms with van der Waals surface area (Å²) in [5, 5.41) is 9.38. The first kappa shape index (κ1) is 14.2. The van der Waals surface area contributed by atoms with Crippen LogP contribution in [-0.2, 0) is 4.79 Å². The Morgan fingerprint density at radius 2 is 2.00 bits per heavy atom. The van der Waals surface area contributed by atoms with Crippen molar-refractivity contribution >= 4 is 5.91 Å². The van der Waals surface area contributed by atoms with Gasteiger partial charge in [-0.2, -0.15) is 5.26 Å². The fourth-order valence-electron chi connectivity index (χ4n) is 2.15. The van der Waals surface area contributed by atoms with E-state index in [9.17, 15) is 10.1 Å². The monoisotopic (exact) mass is 274 g/mol. The number of ether oxygens (including phenoxy) is 2. The standard InChI is InChI=1S/C15H18N2O3/c1-17(15(18)10-4-5-10)12(9-16)11-6-7-13(19-2)14(8-11)20-3/h6-8,10,12H,4-5H2,1-3H3. The molecule has 2 rings (SSSR count). The van der Waals surface area contributed by atoms with Crippen LogP contribution in [0.5, 0.6) is 11.5 Å². The lowest BCUT2D eigenvalue weighted by Crippen LogP contribution is -2.31. The highest BCUT2D eigenvalue weighted by molar-refractivity contribution is 5.81. The summed E-state index contributed by atoms with van der Waals surface area (Å²) in [6, 6.07) is 6.84. The van der Waals surface area contributed by atoms with E-state index >= 15 is 0 Å². The van der Waals surface area contributed by atoms with E-state index in [0.717, 1.165) is 18.4 Å². The summed E-state index contributed by atoms with van der Waals surface area (Å²) >= 11 is 0. The van der Waals surface area contributed by atoms with Gasteiger partial charge in [-0.1, -0.05) is 6.07 Å². The Morgan fingerprint density at radius 1 is 1.35 bits per heavy atom. The van der Waals surface area contributed by atoms with Gasteiger partial charge in [-0.25, -0.2) is 0 Å². The molecule has 1 unspecified atom stereocenters. The van der Waals surface area contributed by atoms with Crippen LogP contribution in [0.2, 0.25) is 0 Å². The molecular formula is C15H18N2O3. The molecule has 5 nitrogen and oxygen atoms in total. The van der Waals surface area contributed by atoms with E-state index in [1.54, 1.807) is 39.5 Å². The molecule has 106 valence electrons. The summed E-state index contributed by atoms with van der Waals surface area (Å²) in [7, 11) is 4.77. The van der Waals surface area contributed by atoms with Gasteiger partial charge in [-0.15, -0.1) is 0 Å². The van der Waals surface area contributed by atoms with Crippen LogP contribution in [0, 0.1) is 17.2 Å². The fraction of sp³-hybridized carbons (Fsp3) is 0.467. The minimum Gasteiger partial charge on any atom is -0.493 e. The second-order valence-corrected chi connectivity index (χ2v) is 4.87. The quantitative estimate of drug-likeness (QED) is 0.825. The predicted molar refractivity (Wildman–Crippen MR) is 73.4 cm³/mol. The highest BCUT2D eigenvalue weighted by atomic mass is 16.5. The van der Waals surface area contributed by atoms with Crippen molar-refractivity contribution < 1.29 is 14.3 Å². The number of carbonyl (C=O) groups is 1. The molecule has 20 heavy (non-hydrogen) atoms. The summed E-state index contributed by atoms with van der Waals surface area (Å²) in [5.74, 6) is 1.28. The first-order chi connectivity index (χ1) is 9.62. The van der Waals surface area contributed by atoms with E-state index in [1.807, 2.05) is 0 Å². The van der Waals surface area contributed by atoms with Gasteiger partial charge in [-0.05, 0) is 30.5 Å². The van der Waals surface area contributed by atoms with Gasteiger partial charge in [0.25, 0.3) is 0 Å². The van der Waals surface area contributed by atoms with Crippen molar-refractivity contribution in [2.24, 2.45) is 5.92 Å². The summed E-state index contributed by atoms with van der Waals surface area (Å²) in [6.07, 6.45) is 1.85. The summed E-state index contributed by atoms with van der Waals surface area (Å²) < 4.78 is 10.4. The summed E-state index contributed by atoms with van der Waals surface area (Å²) in [4.78, 5) is 13.6. The van der Waals surface area contributed by atoms with Crippen LogP contribution in [0.3, 0.4) is 0 Å². The molecule has 5 heteroatoms. The second kappa shape index (κ2) is 5.83. The van der Waals surface area contributed by atoms with E-state index in [4.69, 9.17) is 9.47 Å². The van der Waals surface area contributed by atoms with E-state index < -0.39 is 6.04 Å². The van der Waals surface area contributed by atoms with Gasteiger partial charge < -0.3 is 14.4 Å². The average molecular weight is 274 g/mol. The van der Waals surface area contributed by atoms with Gasteiger partial charge in [0.1, 0.15) is 6.04 Å². The number of nitrogens with zero attached hydrogens (tertiary/aromatic N) is 2. The van der Waals surface area contributed by atoms with Gasteiger partial charge >= 0.3 is 0 Å². The van der Waals surface area contributed by atoms with E-state index in [0.29, 0.717) is 11.5 Å². The molecule has 1 fully saturated rings. The van der Waals surface area contributed by atoms with Crippen molar-refractivity contribution in [1.29, 1.82) is 5.26 Å². The van der Waals surface area contributed by atoms with Crippen LogP contribution in [0.4, 0.5) is 0 Å². The SMILES string of the molecule is COc1ccc(C(C#N)N(C)C(=O)C2CC2)cc1OC. The van der Waals surface area contributed by atoms with Crippen molar-refractivity contribution in [2.45, 2.75) is 18.9 Å². The number of benzene rings is 1. The molecule has 1 aromatic carbocycles. The lowest BCUT2D eigenvalue weighted by Gasteiger charge is -2.23. The van der Waals surface area contributed by atoms with Gasteiger partial charge in [-0.3, -0.25) is 4.79 Å². The third-order valence-corrected chi connectivity index (χ3v) is 3.51. The summed E-state index contributed by atoms with van der Waals surface area (Å²) in [5.41, 5.74) is 0.724. The molecule has 1 aliphatic rings. The minimum atomic E-state index is -0.608. The average Bonchev–Trinajstić information content (AvgIpc) is 3.31. The fourth-order valence-corrected chi connectivity index (χ4v) is 2.15. The molecule has 1 aliphatic carbocycles. The Bertz CT molecular complexity index is 547. The lowest BCUT2D eigenvalue weighted by atomic mass is 10.1. The maximum Gasteiger partial charge on any atom is 0.226 e. The molecule has 0 saturated heterocycles. The molecule has 1 amide bonds. The van der Waals surface area contributed by atoms with Crippen molar-refractivity contribution in [3.63, 3.8) is 0 Å². The van der Waals surface area contributed by atoms with Crippen molar-refractivity contribution in [3.05, 3.63) is 23.8 Å². The first-order valence-corrected chi connectivity index (χ1v) is 6.50. The Labute approximate surface area is 118 Å². The largest absolute Gasteiger partial charge is 0.493 e. The normalized spacial score (nSPS) is 15.1. The maximum absolute atomic E-state index is 12.1. The van der Waals surface area contributed by atoms with Gasteiger partial charge in [0.15, 0.2) is 11.5 Å². The van der Waals surface area contributed by atoms with Crippen molar-refractivity contribution in [3.8, 4) is 17.6 Å². The van der Waals surface area contributed by atoms with Crippen LogP contribution < -0.4 is 9.47 Å². The van der Waals surface area contributed by atoms with Crippen molar-refractivity contribution in [1.82, 2.24) is 4.90 Å². The van der Waals surface area contributed by atoms with E-state index in [-0.39, 0.29) is 11.8 Å². The van der Waals surface area contributed by atoms with Gasteiger partial charge in [0.2, 0.25) is 5.91 Å². The second-order valence-electron chi connectivity index (χ2n) is 4.87. The maximum atomic E-state index is 12.1. The number of hydrogen-bond donors (Lipinski definition) is 0. The van der Waals surface area contributed by atoms with Gasteiger partial charge in [0, 0.05) is 13.0 Å². The molecule has 0 bridgehead atoms.